The molecule has 21 heavy (non-hydrogen) atoms. The molecule has 0 spiro atoms. The number of carbonyl (C=O) groups excluding carboxylic acids is 2. The van der Waals surface area contributed by atoms with Crippen LogP contribution in [0.25, 0.3) is 0 Å². The number of hydrogen-bond donors (Lipinski definition) is 0. The van der Waals surface area contributed by atoms with Crippen LogP contribution in [0.15, 0.2) is 54.6 Å². The maximum atomic E-state index is 12.4. The highest BCUT2D eigenvalue weighted by Gasteiger charge is 2.14. The molecule has 2 aromatic carbocycles. The molecule has 2 rings (SSSR count). The van der Waals surface area contributed by atoms with Gasteiger partial charge in [0.2, 0.25) is 0 Å². The first-order valence-electron chi connectivity index (χ1n) is 6.73. The molecule has 0 heterocycles. The summed E-state index contributed by atoms with van der Waals surface area (Å²) in [5.74, 6) is -0.510. The van der Waals surface area contributed by atoms with Gasteiger partial charge in [-0.1, -0.05) is 18.2 Å². The van der Waals surface area contributed by atoms with Gasteiger partial charge in [0, 0.05) is 18.3 Å². The van der Waals surface area contributed by atoms with Crippen molar-refractivity contribution in [2.24, 2.45) is 0 Å². The van der Waals surface area contributed by atoms with Gasteiger partial charge in [0.25, 0.3) is 5.91 Å². The summed E-state index contributed by atoms with van der Waals surface area (Å²) in [6.45, 7) is 2.08. The van der Waals surface area contributed by atoms with Crippen molar-refractivity contribution >= 4 is 17.6 Å². The summed E-state index contributed by atoms with van der Waals surface area (Å²) in [5, 5.41) is 0. The van der Waals surface area contributed by atoms with Gasteiger partial charge in [-0.2, -0.15) is 0 Å². The third-order valence-electron chi connectivity index (χ3n) is 3.09. The molecule has 4 heteroatoms. The van der Waals surface area contributed by atoms with Crippen LogP contribution in [-0.4, -0.2) is 25.5 Å². The lowest BCUT2D eigenvalue weighted by molar-refractivity contribution is 0.0526. The van der Waals surface area contributed by atoms with Gasteiger partial charge in [0.15, 0.2) is 0 Å². The van der Waals surface area contributed by atoms with Gasteiger partial charge in [-0.15, -0.1) is 0 Å². The van der Waals surface area contributed by atoms with Gasteiger partial charge in [0.05, 0.1) is 12.2 Å². The predicted octanol–water partition coefficient (Wildman–Crippen LogP) is 3.14. The number of carbonyl (C=O) groups is 2. The molecule has 0 saturated carbocycles. The molecule has 2 aromatic rings. The van der Waals surface area contributed by atoms with Gasteiger partial charge in [-0.3, -0.25) is 4.79 Å². The number of amides is 1. The first-order chi connectivity index (χ1) is 10.1. The molecule has 0 fully saturated rings. The zero-order valence-corrected chi connectivity index (χ0v) is 12.1. The summed E-state index contributed by atoms with van der Waals surface area (Å²) in [6, 6.07) is 15.9. The minimum absolute atomic E-state index is 0.128. The van der Waals surface area contributed by atoms with E-state index in [1.54, 1.807) is 43.1 Å². The van der Waals surface area contributed by atoms with E-state index >= 15 is 0 Å². The molecule has 108 valence electrons. The maximum absolute atomic E-state index is 12.4. The highest BCUT2D eigenvalue weighted by atomic mass is 16.5. The Balaban J connectivity index is 2.15. The number of benzene rings is 2. The molecular formula is C17H17NO3. The van der Waals surface area contributed by atoms with Crippen LogP contribution in [0.4, 0.5) is 5.69 Å². The maximum Gasteiger partial charge on any atom is 0.338 e. The van der Waals surface area contributed by atoms with Crippen LogP contribution in [0.1, 0.15) is 27.6 Å². The molecule has 0 unspecified atom stereocenters. The summed E-state index contributed by atoms with van der Waals surface area (Å²) in [7, 11) is 1.72. The Kier molecular flexibility index (Phi) is 4.72. The van der Waals surface area contributed by atoms with E-state index in [0.717, 1.165) is 5.69 Å². The zero-order valence-electron chi connectivity index (χ0n) is 12.1. The Bertz CT molecular complexity index is 620. The SMILES string of the molecule is CCOC(=O)c1ccc(C(=O)N(C)c2ccccc2)cc1. The summed E-state index contributed by atoms with van der Waals surface area (Å²) in [6.07, 6.45) is 0. The number of rotatable bonds is 4. The van der Waals surface area contributed by atoms with Gasteiger partial charge in [-0.05, 0) is 43.3 Å². The minimum Gasteiger partial charge on any atom is -0.462 e. The topological polar surface area (TPSA) is 46.6 Å². The molecule has 0 saturated heterocycles. The van der Waals surface area contributed by atoms with E-state index in [-0.39, 0.29) is 11.9 Å². The number of hydrogen-bond acceptors (Lipinski definition) is 3. The van der Waals surface area contributed by atoms with E-state index in [1.165, 1.54) is 0 Å². The molecular weight excluding hydrogens is 266 g/mol. The molecule has 0 aliphatic heterocycles. The molecule has 0 radical (unpaired) electrons. The van der Waals surface area contributed by atoms with Crippen LogP contribution in [-0.2, 0) is 4.74 Å². The van der Waals surface area contributed by atoms with Crippen LogP contribution in [0.3, 0.4) is 0 Å². The third-order valence-corrected chi connectivity index (χ3v) is 3.09. The average molecular weight is 283 g/mol. The lowest BCUT2D eigenvalue weighted by atomic mass is 10.1. The molecule has 0 aromatic heterocycles. The van der Waals surface area contributed by atoms with Crippen molar-refractivity contribution in [1.82, 2.24) is 0 Å². The zero-order chi connectivity index (χ0) is 15.2. The highest BCUT2D eigenvalue weighted by molar-refractivity contribution is 6.06. The van der Waals surface area contributed by atoms with E-state index in [0.29, 0.717) is 17.7 Å². The van der Waals surface area contributed by atoms with E-state index in [4.69, 9.17) is 4.74 Å². The number of esters is 1. The lowest BCUT2D eigenvalue weighted by Gasteiger charge is -2.17. The van der Waals surface area contributed by atoms with Gasteiger partial charge in [0.1, 0.15) is 0 Å². The van der Waals surface area contributed by atoms with Gasteiger partial charge in [-0.25, -0.2) is 4.79 Å². The highest BCUT2D eigenvalue weighted by Crippen LogP contribution is 2.15. The summed E-state index contributed by atoms with van der Waals surface area (Å²) in [5.41, 5.74) is 1.78. The molecule has 4 nitrogen and oxygen atoms in total. The monoisotopic (exact) mass is 283 g/mol. The molecule has 0 bridgehead atoms. The number of anilines is 1. The molecule has 0 aliphatic carbocycles. The van der Waals surface area contributed by atoms with Crippen LogP contribution in [0, 0.1) is 0 Å². The fourth-order valence-electron chi connectivity index (χ4n) is 1.93. The summed E-state index contributed by atoms with van der Waals surface area (Å²) in [4.78, 5) is 25.5. The van der Waals surface area contributed by atoms with Crippen LogP contribution < -0.4 is 4.90 Å². The molecule has 0 atom stereocenters. The normalized spacial score (nSPS) is 10.0. The molecule has 0 aliphatic rings. The van der Waals surface area contributed by atoms with Crippen molar-refractivity contribution in [3.05, 3.63) is 65.7 Å². The second kappa shape index (κ2) is 6.70. The summed E-state index contributed by atoms with van der Waals surface area (Å²) < 4.78 is 4.91. The first kappa shape index (κ1) is 14.8. The fraction of sp³-hybridized carbons (Fsp3) is 0.176. The Hall–Kier alpha value is -2.62. The van der Waals surface area contributed by atoms with Crippen LogP contribution >= 0.6 is 0 Å². The largest absolute Gasteiger partial charge is 0.462 e. The van der Waals surface area contributed by atoms with Crippen molar-refractivity contribution in [1.29, 1.82) is 0 Å². The molecule has 1 amide bonds. The van der Waals surface area contributed by atoms with Crippen molar-refractivity contribution in [2.45, 2.75) is 6.92 Å². The number of ether oxygens (including phenoxy) is 1. The number of nitrogens with zero attached hydrogens (tertiary/aromatic N) is 1. The first-order valence-corrected chi connectivity index (χ1v) is 6.73. The minimum atomic E-state index is -0.382. The van der Waals surface area contributed by atoms with E-state index in [2.05, 4.69) is 0 Å². The Morgan fingerprint density at radius 2 is 1.52 bits per heavy atom. The lowest BCUT2D eigenvalue weighted by Crippen LogP contribution is -2.26. The Labute approximate surface area is 124 Å². The van der Waals surface area contributed by atoms with Crippen molar-refractivity contribution in [3.63, 3.8) is 0 Å². The number of para-hydroxylation sites is 1. The van der Waals surface area contributed by atoms with Gasteiger partial charge < -0.3 is 9.64 Å². The summed E-state index contributed by atoms with van der Waals surface area (Å²) >= 11 is 0. The van der Waals surface area contributed by atoms with Crippen LogP contribution in [0.2, 0.25) is 0 Å². The van der Waals surface area contributed by atoms with Gasteiger partial charge >= 0.3 is 5.97 Å². The van der Waals surface area contributed by atoms with Crippen LogP contribution in [0.5, 0.6) is 0 Å². The Morgan fingerprint density at radius 1 is 0.952 bits per heavy atom. The third kappa shape index (κ3) is 3.48. The molecule has 0 N–H and O–H groups in total. The quantitative estimate of drug-likeness (QED) is 0.810. The van der Waals surface area contributed by atoms with Crippen molar-refractivity contribution in [3.8, 4) is 0 Å². The van der Waals surface area contributed by atoms with E-state index in [9.17, 15) is 9.59 Å². The van der Waals surface area contributed by atoms with E-state index < -0.39 is 0 Å². The average Bonchev–Trinajstić information content (AvgIpc) is 2.54. The fourth-order valence-corrected chi connectivity index (χ4v) is 1.93. The smallest absolute Gasteiger partial charge is 0.338 e. The second-order valence-corrected chi connectivity index (χ2v) is 4.50. The van der Waals surface area contributed by atoms with E-state index in [1.807, 2.05) is 30.3 Å². The second-order valence-electron chi connectivity index (χ2n) is 4.50. The standard InChI is InChI=1S/C17H17NO3/c1-3-21-17(20)14-11-9-13(10-12-14)16(19)18(2)15-7-5-4-6-8-15/h4-12H,3H2,1-2H3. The van der Waals surface area contributed by atoms with Crippen molar-refractivity contribution in [2.75, 3.05) is 18.6 Å². The Morgan fingerprint density at radius 3 is 2.10 bits per heavy atom. The van der Waals surface area contributed by atoms with Crippen molar-refractivity contribution < 1.29 is 14.3 Å². The predicted molar refractivity (Wildman–Crippen MR) is 81.6 cm³/mol.